The van der Waals surface area contributed by atoms with Crippen LogP contribution in [-0.4, -0.2) is 12.1 Å². The Labute approximate surface area is 98.1 Å². The zero-order valence-corrected chi connectivity index (χ0v) is 9.14. The zero-order valence-electron chi connectivity index (χ0n) is 9.14. The molecule has 17 heavy (non-hydrogen) atoms. The molecule has 0 bridgehead atoms. The predicted octanol–water partition coefficient (Wildman–Crippen LogP) is 2.77. The van der Waals surface area contributed by atoms with Gasteiger partial charge in [-0.3, -0.25) is 4.98 Å². The molecule has 84 valence electrons. The van der Waals surface area contributed by atoms with Gasteiger partial charge >= 0.3 is 0 Å². The lowest BCUT2D eigenvalue weighted by Crippen LogP contribution is -1.95. The Morgan fingerprint density at radius 3 is 2.71 bits per heavy atom. The highest BCUT2D eigenvalue weighted by atomic mass is 19.1. The summed E-state index contributed by atoms with van der Waals surface area (Å²) in [6.45, 7) is 0. The molecule has 0 fully saturated rings. The summed E-state index contributed by atoms with van der Waals surface area (Å²) in [6.07, 6.45) is 1.49. The number of hydrogen-bond donors (Lipinski definition) is 0. The molecule has 0 amide bonds. The second-order valence-corrected chi connectivity index (χ2v) is 3.33. The van der Waals surface area contributed by atoms with Gasteiger partial charge in [-0.25, -0.2) is 4.39 Å². The summed E-state index contributed by atoms with van der Waals surface area (Å²) in [4.78, 5) is 4.05. The first kappa shape index (κ1) is 11.1. The first-order chi connectivity index (χ1) is 8.27. The molecule has 0 spiro atoms. The van der Waals surface area contributed by atoms with Crippen molar-refractivity contribution < 1.29 is 9.13 Å². The summed E-state index contributed by atoms with van der Waals surface area (Å²) >= 11 is 0. The molecule has 0 unspecified atom stereocenters. The van der Waals surface area contributed by atoms with Gasteiger partial charge in [0.1, 0.15) is 23.2 Å². The van der Waals surface area contributed by atoms with Crippen LogP contribution in [0.2, 0.25) is 0 Å². The maximum atomic E-state index is 13.6. The summed E-state index contributed by atoms with van der Waals surface area (Å²) in [5, 5.41) is 9.09. The van der Waals surface area contributed by atoms with Gasteiger partial charge in [0.15, 0.2) is 0 Å². The summed E-state index contributed by atoms with van der Waals surface area (Å²) in [5.74, 6) is -0.0227. The quantitative estimate of drug-likeness (QED) is 0.793. The summed E-state index contributed by atoms with van der Waals surface area (Å²) in [6, 6.07) is 9.75. The van der Waals surface area contributed by atoms with E-state index in [1.54, 1.807) is 24.3 Å². The number of rotatable bonds is 2. The molecule has 0 saturated carbocycles. The van der Waals surface area contributed by atoms with E-state index in [-0.39, 0.29) is 5.56 Å². The Bertz CT molecular complexity index is 590. The van der Waals surface area contributed by atoms with E-state index >= 15 is 0 Å². The van der Waals surface area contributed by atoms with Gasteiger partial charge in [0.25, 0.3) is 0 Å². The van der Waals surface area contributed by atoms with E-state index in [4.69, 9.17) is 10.00 Å². The summed E-state index contributed by atoms with van der Waals surface area (Å²) in [7, 11) is 1.46. The molecule has 2 aromatic rings. The fourth-order valence-electron chi connectivity index (χ4n) is 1.58. The van der Waals surface area contributed by atoms with Crippen LogP contribution < -0.4 is 4.74 Å². The second kappa shape index (κ2) is 4.62. The van der Waals surface area contributed by atoms with E-state index in [1.807, 2.05) is 6.07 Å². The molecule has 3 nitrogen and oxygen atoms in total. The van der Waals surface area contributed by atoms with Crippen molar-refractivity contribution >= 4 is 0 Å². The standard InChI is InChI=1S/C13H9FN2O/c1-17-12-6-7-16-13(10(12)8-15)9-4-2-3-5-11(9)14/h2-7H,1H3. The molecule has 0 aliphatic rings. The molecule has 4 heteroatoms. The van der Waals surface area contributed by atoms with Crippen molar-refractivity contribution in [3.8, 4) is 23.1 Å². The Morgan fingerprint density at radius 1 is 1.29 bits per heavy atom. The van der Waals surface area contributed by atoms with Gasteiger partial charge in [-0.2, -0.15) is 5.26 Å². The lowest BCUT2D eigenvalue weighted by Gasteiger charge is -2.07. The van der Waals surface area contributed by atoms with Crippen LogP contribution in [-0.2, 0) is 0 Å². The van der Waals surface area contributed by atoms with Gasteiger partial charge in [0.05, 0.1) is 12.8 Å². The third-order valence-electron chi connectivity index (χ3n) is 2.37. The van der Waals surface area contributed by atoms with E-state index < -0.39 is 5.82 Å². The van der Waals surface area contributed by atoms with Crippen LogP contribution in [0.25, 0.3) is 11.3 Å². The van der Waals surface area contributed by atoms with Gasteiger partial charge in [-0.15, -0.1) is 0 Å². The van der Waals surface area contributed by atoms with Crippen molar-refractivity contribution in [1.82, 2.24) is 4.98 Å². The van der Waals surface area contributed by atoms with Crippen molar-refractivity contribution in [2.45, 2.75) is 0 Å². The number of benzene rings is 1. The molecule has 2 rings (SSSR count). The van der Waals surface area contributed by atoms with Crippen molar-refractivity contribution in [1.29, 1.82) is 5.26 Å². The molecule has 1 aromatic carbocycles. The minimum atomic E-state index is -0.412. The maximum absolute atomic E-state index is 13.6. The highest BCUT2D eigenvalue weighted by Crippen LogP contribution is 2.29. The van der Waals surface area contributed by atoms with Crippen LogP contribution in [0.4, 0.5) is 4.39 Å². The van der Waals surface area contributed by atoms with Crippen molar-refractivity contribution in [3.63, 3.8) is 0 Å². The minimum Gasteiger partial charge on any atom is -0.495 e. The zero-order chi connectivity index (χ0) is 12.3. The van der Waals surface area contributed by atoms with E-state index in [0.717, 1.165) is 0 Å². The third kappa shape index (κ3) is 1.95. The van der Waals surface area contributed by atoms with Gasteiger partial charge in [-0.05, 0) is 18.2 Å². The maximum Gasteiger partial charge on any atom is 0.140 e. The number of hydrogen-bond acceptors (Lipinski definition) is 3. The lowest BCUT2D eigenvalue weighted by molar-refractivity contribution is 0.413. The Hall–Kier alpha value is -2.41. The summed E-state index contributed by atoms with van der Waals surface area (Å²) in [5.41, 5.74) is 0.827. The Kier molecular flexibility index (Phi) is 3.01. The normalized spacial score (nSPS) is 9.71. The minimum absolute atomic E-state index is 0.236. The van der Waals surface area contributed by atoms with Crippen molar-refractivity contribution in [2.24, 2.45) is 0 Å². The topological polar surface area (TPSA) is 45.9 Å². The number of halogens is 1. The SMILES string of the molecule is COc1ccnc(-c2ccccc2F)c1C#N. The monoisotopic (exact) mass is 228 g/mol. The van der Waals surface area contributed by atoms with E-state index in [0.29, 0.717) is 17.0 Å². The van der Waals surface area contributed by atoms with Crippen LogP contribution in [0.15, 0.2) is 36.5 Å². The smallest absolute Gasteiger partial charge is 0.140 e. The van der Waals surface area contributed by atoms with Crippen LogP contribution in [0.5, 0.6) is 5.75 Å². The average Bonchev–Trinajstić information content (AvgIpc) is 2.38. The highest BCUT2D eigenvalue weighted by molar-refractivity contribution is 5.70. The molecular formula is C13H9FN2O. The van der Waals surface area contributed by atoms with E-state index in [9.17, 15) is 4.39 Å². The van der Waals surface area contributed by atoms with Crippen molar-refractivity contribution in [2.75, 3.05) is 7.11 Å². The van der Waals surface area contributed by atoms with Gasteiger partial charge < -0.3 is 4.74 Å². The number of methoxy groups -OCH3 is 1. The molecule has 0 saturated heterocycles. The number of nitrogens with zero attached hydrogens (tertiary/aromatic N) is 2. The number of aromatic nitrogens is 1. The second-order valence-electron chi connectivity index (χ2n) is 3.33. The van der Waals surface area contributed by atoms with Gasteiger partial charge in [0.2, 0.25) is 0 Å². The molecule has 0 atom stereocenters. The molecule has 0 aliphatic carbocycles. The Morgan fingerprint density at radius 2 is 2.06 bits per heavy atom. The Balaban J connectivity index is 2.69. The van der Waals surface area contributed by atoms with Crippen molar-refractivity contribution in [3.05, 3.63) is 47.9 Å². The molecule has 1 heterocycles. The molecule has 0 N–H and O–H groups in total. The first-order valence-corrected chi connectivity index (χ1v) is 4.96. The third-order valence-corrected chi connectivity index (χ3v) is 2.37. The largest absolute Gasteiger partial charge is 0.495 e. The lowest BCUT2D eigenvalue weighted by atomic mass is 10.1. The van der Waals surface area contributed by atoms with E-state index in [2.05, 4.69) is 4.98 Å². The molecule has 1 aromatic heterocycles. The molecule has 0 radical (unpaired) electrons. The number of nitriles is 1. The fraction of sp³-hybridized carbons (Fsp3) is 0.0769. The van der Waals surface area contributed by atoms with Gasteiger partial charge in [0, 0.05) is 11.8 Å². The molecular weight excluding hydrogens is 219 g/mol. The number of ether oxygens (including phenoxy) is 1. The highest BCUT2D eigenvalue weighted by Gasteiger charge is 2.14. The van der Waals surface area contributed by atoms with E-state index in [1.165, 1.54) is 19.4 Å². The van der Waals surface area contributed by atoms with Crippen LogP contribution in [0.1, 0.15) is 5.56 Å². The molecule has 0 aliphatic heterocycles. The number of pyridine rings is 1. The summed E-state index contributed by atoms with van der Waals surface area (Å²) < 4.78 is 18.7. The van der Waals surface area contributed by atoms with Gasteiger partial charge in [-0.1, -0.05) is 12.1 Å². The van der Waals surface area contributed by atoms with Crippen LogP contribution in [0, 0.1) is 17.1 Å². The fourth-order valence-corrected chi connectivity index (χ4v) is 1.58. The first-order valence-electron chi connectivity index (χ1n) is 4.96. The average molecular weight is 228 g/mol. The predicted molar refractivity (Wildman–Crippen MR) is 60.9 cm³/mol. The van der Waals surface area contributed by atoms with Crippen LogP contribution >= 0.6 is 0 Å². The van der Waals surface area contributed by atoms with Crippen LogP contribution in [0.3, 0.4) is 0 Å².